The minimum absolute atomic E-state index is 0.889. The summed E-state index contributed by atoms with van der Waals surface area (Å²) in [4.78, 5) is 2.40. The number of benzene rings is 10. The topological polar surface area (TPSA) is 21.3 Å². The number of rotatable bonds is 7. The van der Waals surface area contributed by atoms with E-state index < -0.39 is 0 Å². The summed E-state index contributed by atoms with van der Waals surface area (Å²) in [6.45, 7) is 0. The van der Waals surface area contributed by atoms with Crippen LogP contribution in [0.25, 0.3) is 93.6 Å². The number of anilines is 3. The first-order valence-electron chi connectivity index (χ1n) is 20.8. The lowest BCUT2D eigenvalue weighted by Gasteiger charge is -2.29. The fraction of sp³-hybridized carbons (Fsp3) is 0. The minimum atomic E-state index is 0.889. The van der Waals surface area contributed by atoms with E-state index in [1.54, 1.807) is 0 Å². The predicted molar refractivity (Wildman–Crippen MR) is 257 cm³/mol. The Morgan fingerprint density at radius 1 is 0.328 bits per heavy atom. The molecule has 0 spiro atoms. The first-order valence-corrected chi connectivity index (χ1v) is 20.8. The van der Waals surface area contributed by atoms with E-state index in [1.807, 2.05) is 12.1 Å². The van der Waals surface area contributed by atoms with Gasteiger partial charge in [0.1, 0.15) is 11.2 Å². The minimum Gasteiger partial charge on any atom is -0.456 e. The Bertz CT molecular complexity index is 3550. The van der Waals surface area contributed by atoms with Gasteiger partial charge < -0.3 is 13.9 Å². The summed E-state index contributed by atoms with van der Waals surface area (Å²) >= 11 is 0. The zero-order valence-electron chi connectivity index (χ0n) is 33.2. The molecular weight excluding hydrogens is 741 g/mol. The summed E-state index contributed by atoms with van der Waals surface area (Å²) in [6.07, 6.45) is 0. The van der Waals surface area contributed by atoms with Crippen molar-refractivity contribution in [3.05, 3.63) is 231 Å². The van der Waals surface area contributed by atoms with Crippen LogP contribution >= 0.6 is 0 Å². The lowest BCUT2D eigenvalue weighted by molar-refractivity contribution is 0.669. The van der Waals surface area contributed by atoms with Gasteiger partial charge >= 0.3 is 0 Å². The average molecular weight is 779 g/mol. The molecule has 0 aliphatic carbocycles. The highest BCUT2D eigenvalue weighted by Gasteiger charge is 2.20. The first kappa shape index (κ1) is 34.9. The van der Waals surface area contributed by atoms with Gasteiger partial charge in [-0.25, -0.2) is 0 Å². The van der Waals surface area contributed by atoms with Crippen LogP contribution in [-0.4, -0.2) is 4.57 Å². The van der Waals surface area contributed by atoms with Gasteiger partial charge in [-0.1, -0.05) is 158 Å². The van der Waals surface area contributed by atoms with E-state index in [-0.39, 0.29) is 0 Å². The van der Waals surface area contributed by atoms with Crippen molar-refractivity contribution in [3.8, 4) is 39.1 Å². The highest BCUT2D eigenvalue weighted by atomic mass is 16.3. The van der Waals surface area contributed by atoms with Crippen LogP contribution in [0.4, 0.5) is 17.1 Å². The monoisotopic (exact) mass is 778 g/mol. The molecule has 61 heavy (non-hydrogen) atoms. The molecule has 0 fully saturated rings. The van der Waals surface area contributed by atoms with Crippen LogP contribution in [0, 0.1) is 0 Å². The maximum Gasteiger partial charge on any atom is 0.136 e. The summed E-state index contributed by atoms with van der Waals surface area (Å²) < 4.78 is 8.72. The molecule has 0 N–H and O–H groups in total. The molecule has 0 aliphatic heterocycles. The summed E-state index contributed by atoms with van der Waals surface area (Å²) in [7, 11) is 0. The smallest absolute Gasteiger partial charge is 0.136 e. The van der Waals surface area contributed by atoms with Crippen molar-refractivity contribution in [2.45, 2.75) is 0 Å². The van der Waals surface area contributed by atoms with E-state index in [1.165, 1.54) is 38.1 Å². The Morgan fingerprint density at radius 2 is 0.902 bits per heavy atom. The normalized spacial score (nSPS) is 11.6. The van der Waals surface area contributed by atoms with Crippen LogP contribution in [0.3, 0.4) is 0 Å². The molecule has 0 saturated heterocycles. The van der Waals surface area contributed by atoms with E-state index in [2.05, 4.69) is 228 Å². The van der Waals surface area contributed by atoms with Gasteiger partial charge in [-0.3, -0.25) is 0 Å². The molecule has 3 heteroatoms. The molecule has 0 bridgehead atoms. The van der Waals surface area contributed by atoms with Crippen molar-refractivity contribution in [1.82, 2.24) is 4.57 Å². The van der Waals surface area contributed by atoms with Crippen molar-refractivity contribution in [3.63, 3.8) is 0 Å². The second-order valence-corrected chi connectivity index (χ2v) is 15.7. The van der Waals surface area contributed by atoms with Crippen LogP contribution in [-0.2, 0) is 0 Å². The molecular formula is C58H38N2O. The zero-order valence-corrected chi connectivity index (χ0v) is 33.2. The van der Waals surface area contributed by atoms with E-state index in [0.717, 1.165) is 72.5 Å². The predicted octanol–water partition coefficient (Wildman–Crippen LogP) is 16.3. The molecule has 0 saturated carbocycles. The van der Waals surface area contributed by atoms with Gasteiger partial charge in [0.15, 0.2) is 0 Å². The average Bonchev–Trinajstić information content (AvgIpc) is 3.88. The second-order valence-electron chi connectivity index (χ2n) is 15.7. The van der Waals surface area contributed by atoms with Gasteiger partial charge in [0.25, 0.3) is 0 Å². The standard InChI is InChI=1S/C58H38N2O/c1-2-20-47-40(14-1)15-13-25-48(47)49-21-3-7-26-54(49)59(45-18-12-17-42(37-45)43-32-35-53-52-24-6-10-29-57(52)61-58(53)38-43)44-33-30-39(31-34-44)41-16-11-19-46(36-41)60-55-27-8-4-22-50(55)51-23-5-9-28-56(51)60/h1-38H. The van der Waals surface area contributed by atoms with Crippen molar-refractivity contribution in [2.75, 3.05) is 4.90 Å². The number of hydrogen-bond acceptors (Lipinski definition) is 2. The second kappa shape index (κ2) is 14.3. The zero-order chi connectivity index (χ0) is 40.3. The van der Waals surface area contributed by atoms with E-state index >= 15 is 0 Å². The van der Waals surface area contributed by atoms with Crippen molar-refractivity contribution in [2.24, 2.45) is 0 Å². The lowest BCUT2D eigenvalue weighted by Crippen LogP contribution is -2.11. The van der Waals surface area contributed by atoms with Crippen LogP contribution in [0.5, 0.6) is 0 Å². The Hall–Kier alpha value is -8.14. The SMILES string of the molecule is c1cc(-c2ccc3c(c2)oc2ccccc23)cc(N(c2ccc(-c3cccc(-n4c5ccccc5c5ccccc54)c3)cc2)c2ccccc2-c2cccc3ccccc23)c1. The summed E-state index contributed by atoms with van der Waals surface area (Å²) in [5.41, 5.74) is 15.5. The molecule has 0 atom stereocenters. The van der Waals surface area contributed by atoms with Crippen LogP contribution in [0.15, 0.2) is 235 Å². The molecule has 10 aromatic carbocycles. The maximum absolute atomic E-state index is 6.33. The molecule has 0 aliphatic rings. The molecule has 12 rings (SSSR count). The van der Waals surface area contributed by atoms with Gasteiger partial charge in [0.05, 0.1) is 16.7 Å². The highest BCUT2D eigenvalue weighted by Crippen LogP contribution is 2.44. The molecule has 2 aromatic heterocycles. The maximum atomic E-state index is 6.33. The molecule has 286 valence electrons. The van der Waals surface area contributed by atoms with E-state index in [0.29, 0.717) is 0 Å². The quantitative estimate of drug-likeness (QED) is 0.161. The molecule has 3 nitrogen and oxygen atoms in total. The number of furan rings is 1. The van der Waals surface area contributed by atoms with Crippen molar-refractivity contribution < 1.29 is 4.42 Å². The molecule has 0 unspecified atom stereocenters. The van der Waals surface area contributed by atoms with E-state index in [9.17, 15) is 0 Å². The molecule has 12 aromatic rings. The summed E-state index contributed by atoms with van der Waals surface area (Å²) in [5.74, 6) is 0. The first-order chi connectivity index (χ1) is 30.2. The fourth-order valence-electron chi connectivity index (χ4n) is 9.34. The van der Waals surface area contributed by atoms with Crippen molar-refractivity contribution in [1.29, 1.82) is 0 Å². The summed E-state index contributed by atoms with van der Waals surface area (Å²) in [6, 6.07) is 83.0. The lowest BCUT2D eigenvalue weighted by atomic mass is 9.95. The van der Waals surface area contributed by atoms with Gasteiger partial charge in [0.2, 0.25) is 0 Å². The number of nitrogens with zero attached hydrogens (tertiary/aromatic N) is 2. The van der Waals surface area contributed by atoms with Crippen LogP contribution in [0.2, 0.25) is 0 Å². The van der Waals surface area contributed by atoms with Gasteiger partial charge in [-0.15, -0.1) is 0 Å². The third-order valence-electron chi connectivity index (χ3n) is 12.2. The van der Waals surface area contributed by atoms with Crippen molar-refractivity contribution >= 4 is 71.6 Å². The molecule has 0 amide bonds. The van der Waals surface area contributed by atoms with Gasteiger partial charge in [-0.05, 0) is 111 Å². The Kier molecular flexibility index (Phi) is 8.17. The van der Waals surface area contributed by atoms with Crippen LogP contribution in [0.1, 0.15) is 0 Å². The number of para-hydroxylation sites is 4. The largest absolute Gasteiger partial charge is 0.456 e. The summed E-state index contributed by atoms with van der Waals surface area (Å²) in [5, 5.41) is 7.23. The van der Waals surface area contributed by atoms with Crippen LogP contribution < -0.4 is 4.90 Å². The third kappa shape index (κ3) is 5.90. The number of aromatic nitrogens is 1. The number of fused-ring (bicyclic) bond motifs is 7. The highest BCUT2D eigenvalue weighted by molar-refractivity contribution is 6.09. The Balaban J connectivity index is 0.989. The Labute approximate surface area is 353 Å². The Morgan fingerprint density at radius 3 is 1.72 bits per heavy atom. The van der Waals surface area contributed by atoms with E-state index in [4.69, 9.17) is 4.42 Å². The fourth-order valence-corrected chi connectivity index (χ4v) is 9.34. The third-order valence-corrected chi connectivity index (χ3v) is 12.2. The molecule has 0 radical (unpaired) electrons. The molecule has 2 heterocycles. The van der Waals surface area contributed by atoms with Gasteiger partial charge in [0, 0.05) is 44.2 Å². The van der Waals surface area contributed by atoms with Gasteiger partial charge in [-0.2, -0.15) is 0 Å². The number of hydrogen-bond donors (Lipinski definition) is 0.